The molecule has 0 fully saturated rings. The highest BCUT2D eigenvalue weighted by Gasteiger charge is 2.23. The van der Waals surface area contributed by atoms with Gasteiger partial charge in [0.2, 0.25) is 0 Å². The maximum atomic E-state index is 12.1. The minimum Gasteiger partial charge on any atom is -0.479 e. The Labute approximate surface area is 101 Å². The van der Waals surface area contributed by atoms with Crippen LogP contribution in [0.3, 0.4) is 0 Å². The van der Waals surface area contributed by atoms with E-state index >= 15 is 0 Å². The summed E-state index contributed by atoms with van der Waals surface area (Å²) in [5.74, 6) is -2.05. The average Bonchev–Trinajstić information content (AvgIpc) is 2.26. The summed E-state index contributed by atoms with van der Waals surface area (Å²) in [5.41, 5.74) is -0.310. The molecule has 1 aromatic rings. The summed E-state index contributed by atoms with van der Waals surface area (Å²) in [5, 5.41) is 18.1. The van der Waals surface area contributed by atoms with Gasteiger partial charge < -0.3 is 14.9 Å². The molecule has 5 nitrogen and oxygen atoms in total. The van der Waals surface area contributed by atoms with Crippen LogP contribution >= 0.6 is 0 Å². The number of aliphatic hydroxyl groups excluding tert-OH is 1. The fraction of sp³-hybridized carbons (Fsp3) is 0.273. The summed E-state index contributed by atoms with van der Waals surface area (Å²) in [7, 11) is 0. The molecular weight excluding hydrogens is 250 g/mol. The Morgan fingerprint density at radius 2 is 2.06 bits per heavy atom. The van der Waals surface area contributed by atoms with Crippen LogP contribution in [0.2, 0.25) is 0 Å². The predicted molar refractivity (Wildman–Crippen MR) is 55.8 cm³/mol. The molecule has 18 heavy (non-hydrogen) atoms. The average molecular weight is 260 g/mol. The molecular formula is C11H10F2O5. The van der Waals surface area contributed by atoms with Crippen molar-refractivity contribution in [1.82, 2.24) is 0 Å². The number of aliphatic hydroxyl groups is 1. The SMILES string of the molecule is Cc1cc(OC(F)F)c(C=O)c(C(O)C(=O)O)c1. The van der Waals surface area contributed by atoms with Gasteiger partial charge in [0, 0.05) is 5.56 Å². The molecule has 0 aliphatic heterocycles. The number of carbonyl (C=O) groups excluding carboxylic acids is 1. The van der Waals surface area contributed by atoms with Crippen molar-refractivity contribution >= 4 is 12.3 Å². The summed E-state index contributed by atoms with van der Waals surface area (Å²) in [6.45, 7) is -1.66. The molecule has 1 rings (SSSR count). The lowest BCUT2D eigenvalue weighted by Gasteiger charge is -2.14. The molecule has 0 aromatic heterocycles. The smallest absolute Gasteiger partial charge is 0.387 e. The van der Waals surface area contributed by atoms with Gasteiger partial charge >= 0.3 is 12.6 Å². The van der Waals surface area contributed by atoms with E-state index < -0.39 is 30.0 Å². The van der Waals surface area contributed by atoms with Gasteiger partial charge in [0.25, 0.3) is 0 Å². The monoisotopic (exact) mass is 260 g/mol. The highest BCUT2D eigenvalue weighted by atomic mass is 19.3. The van der Waals surface area contributed by atoms with Gasteiger partial charge in [-0.25, -0.2) is 4.79 Å². The number of hydrogen-bond acceptors (Lipinski definition) is 4. The Kier molecular flexibility index (Phi) is 4.33. The third-order valence-corrected chi connectivity index (χ3v) is 2.18. The number of carboxylic acid groups (broad SMARTS) is 1. The molecule has 0 aliphatic carbocycles. The first-order valence-electron chi connectivity index (χ1n) is 4.82. The number of rotatable bonds is 5. The van der Waals surface area contributed by atoms with E-state index in [9.17, 15) is 23.5 Å². The summed E-state index contributed by atoms with van der Waals surface area (Å²) in [6.07, 6.45) is -1.82. The number of aliphatic carboxylic acids is 1. The topological polar surface area (TPSA) is 83.8 Å². The third kappa shape index (κ3) is 3.01. The number of aldehydes is 1. The van der Waals surface area contributed by atoms with Gasteiger partial charge in [0.15, 0.2) is 12.4 Å². The first-order chi connectivity index (χ1) is 8.36. The van der Waals surface area contributed by atoms with Crippen LogP contribution in [0, 0.1) is 6.92 Å². The van der Waals surface area contributed by atoms with Crippen LogP contribution in [-0.2, 0) is 4.79 Å². The van der Waals surface area contributed by atoms with Gasteiger partial charge in [-0.2, -0.15) is 8.78 Å². The molecule has 1 atom stereocenters. The third-order valence-electron chi connectivity index (χ3n) is 2.18. The van der Waals surface area contributed by atoms with Crippen LogP contribution in [0.4, 0.5) is 8.78 Å². The maximum Gasteiger partial charge on any atom is 0.387 e. The minimum absolute atomic E-state index is 0.165. The van der Waals surface area contributed by atoms with Crippen LogP contribution in [0.5, 0.6) is 5.75 Å². The van der Waals surface area contributed by atoms with Gasteiger partial charge in [-0.15, -0.1) is 0 Å². The van der Waals surface area contributed by atoms with Crippen molar-refractivity contribution < 1.29 is 33.3 Å². The predicted octanol–water partition coefficient (Wildman–Crippen LogP) is 1.53. The van der Waals surface area contributed by atoms with Gasteiger partial charge in [-0.05, 0) is 18.6 Å². The van der Waals surface area contributed by atoms with E-state index in [2.05, 4.69) is 4.74 Å². The zero-order chi connectivity index (χ0) is 13.9. The number of aryl methyl sites for hydroxylation is 1. The summed E-state index contributed by atoms with van der Waals surface area (Å²) in [4.78, 5) is 21.5. The zero-order valence-corrected chi connectivity index (χ0v) is 9.26. The second-order valence-electron chi connectivity index (χ2n) is 3.50. The molecule has 0 aliphatic rings. The van der Waals surface area contributed by atoms with Crippen LogP contribution in [-0.4, -0.2) is 29.1 Å². The number of carbonyl (C=O) groups is 2. The quantitative estimate of drug-likeness (QED) is 0.784. The summed E-state index contributed by atoms with van der Waals surface area (Å²) >= 11 is 0. The first-order valence-corrected chi connectivity index (χ1v) is 4.82. The fourth-order valence-electron chi connectivity index (χ4n) is 1.47. The summed E-state index contributed by atoms with van der Waals surface area (Å²) in [6, 6.07) is 2.38. The van der Waals surface area contributed by atoms with Gasteiger partial charge in [0.1, 0.15) is 5.75 Å². The zero-order valence-electron chi connectivity index (χ0n) is 9.26. The van der Waals surface area contributed by atoms with E-state index in [4.69, 9.17) is 5.11 Å². The fourth-order valence-corrected chi connectivity index (χ4v) is 1.47. The van der Waals surface area contributed by atoms with Crippen molar-refractivity contribution in [3.05, 3.63) is 28.8 Å². The number of alkyl halides is 2. The maximum absolute atomic E-state index is 12.1. The number of hydrogen-bond donors (Lipinski definition) is 2. The Morgan fingerprint density at radius 3 is 2.50 bits per heavy atom. The van der Waals surface area contributed by atoms with Crippen LogP contribution < -0.4 is 4.74 Å². The standard InChI is InChI=1S/C11H10F2O5/c1-5-2-6(9(15)10(16)17)7(4-14)8(3-5)18-11(12)13/h2-4,9,11,15H,1H3,(H,16,17). The van der Waals surface area contributed by atoms with Crippen LogP contribution in [0.1, 0.15) is 27.6 Å². The molecule has 0 saturated carbocycles. The van der Waals surface area contributed by atoms with Crippen molar-refractivity contribution in [3.8, 4) is 5.75 Å². The highest BCUT2D eigenvalue weighted by Crippen LogP contribution is 2.29. The lowest BCUT2D eigenvalue weighted by molar-refractivity contribution is -0.146. The Balaban J connectivity index is 3.37. The second-order valence-corrected chi connectivity index (χ2v) is 3.50. The molecule has 0 heterocycles. The Morgan fingerprint density at radius 1 is 1.44 bits per heavy atom. The van der Waals surface area contributed by atoms with Gasteiger partial charge in [-0.1, -0.05) is 6.07 Å². The van der Waals surface area contributed by atoms with E-state index in [1.807, 2.05) is 0 Å². The van der Waals surface area contributed by atoms with E-state index in [1.54, 1.807) is 0 Å². The van der Waals surface area contributed by atoms with E-state index in [0.717, 1.165) is 6.07 Å². The molecule has 7 heteroatoms. The van der Waals surface area contributed by atoms with Crippen LogP contribution in [0.25, 0.3) is 0 Å². The molecule has 1 aromatic carbocycles. The number of halogens is 2. The second kappa shape index (κ2) is 5.54. The van der Waals surface area contributed by atoms with E-state index in [-0.39, 0.29) is 11.8 Å². The normalized spacial score (nSPS) is 12.3. The van der Waals surface area contributed by atoms with E-state index in [1.165, 1.54) is 13.0 Å². The molecule has 1 unspecified atom stereocenters. The summed E-state index contributed by atoms with van der Waals surface area (Å²) < 4.78 is 28.4. The number of ether oxygens (including phenoxy) is 1. The molecule has 0 amide bonds. The van der Waals surface area contributed by atoms with Crippen LogP contribution in [0.15, 0.2) is 12.1 Å². The van der Waals surface area contributed by atoms with Crippen molar-refractivity contribution in [3.63, 3.8) is 0 Å². The number of carboxylic acids is 1. The molecule has 0 bridgehead atoms. The van der Waals surface area contributed by atoms with Crippen molar-refractivity contribution in [2.24, 2.45) is 0 Å². The molecule has 2 N–H and O–H groups in total. The first kappa shape index (κ1) is 14.0. The lowest BCUT2D eigenvalue weighted by atomic mass is 9.99. The minimum atomic E-state index is -3.15. The van der Waals surface area contributed by atoms with Crippen molar-refractivity contribution in [2.75, 3.05) is 0 Å². The molecule has 0 spiro atoms. The van der Waals surface area contributed by atoms with E-state index in [0.29, 0.717) is 5.56 Å². The van der Waals surface area contributed by atoms with Gasteiger partial charge in [0.05, 0.1) is 5.56 Å². The van der Waals surface area contributed by atoms with Crippen molar-refractivity contribution in [2.45, 2.75) is 19.6 Å². The highest BCUT2D eigenvalue weighted by molar-refractivity contribution is 5.86. The number of benzene rings is 1. The molecule has 98 valence electrons. The lowest BCUT2D eigenvalue weighted by Crippen LogP contribution is -2.14. The van der Waals surface area contributed by atoms with Gasteiger partial charge in [-0.3, -0.25) is 4.79 Å². The largest absolute Gasteiger partial charge is 0.479 e. The Bertz CT molecular complexity index is 473. The molecule has 0 radical (unpaired) electrons. The Hall–Kier alpha value is -2.02. The molecule has 0 saturated heterocycles. The van der Waals surface area contributed by atoms with Crippen molar-refractivity contribution in [1.29, 1.82) is 0 Å².